The van der Waals surface area contributed by atoms with Crippen LogP contribution in [-0.2, 0) is 17.1 Å². The number of ether oxygens (including phenoxy) is 1. The zero-order valence-electron chi connectivity index (χ0n) is 7.81. The molecule has 0 aliphatic carbocycles. The summed E-state index contributed by atoms with van der Waals surface area (Å²) >= 11 is 0. The summed E-state index contributed by atoms with van der Waals surface area (Å²) < 4.78 is 4.27. The minimum Gasteiger partial charge on any atom is -0.493 e. The fourth-order valence-corrected chi connectivity index (χ4v) is 0.846. The molecule has 0 radical (unpaired) electrons. The molecule has 0 aromatic heterocycles. The van der Waals surface area contributed by atoms with E-state index in [0.29, 0.717) is 5.75 Å². The Hall–Kier alpha value is -1.51. The van der Waals surface area contributed by atoms with E-state index in [0.717, 1.165) is 0 Å². The Labute approximate surface area is 98.5 Å². The van der Waals surface area contributed by atoms with Gasteiger partial charge in [-0.25, -0.2) is 12.1 Å². The molecule has 0 aliphatic heterocycles. The molecule has 4 heteroatoms. The van der Waals surface area contributed by atoms with Gasteiger partial charge >= 0.3 is 23.2 Å². The summed E-state index contributed by atoms with van der Waals surface area (Å²) in [4.78, 5) is 9.84. The Kier molecular flexibility index (Phi) is 7.06. The van der Waals surface area contributed by atoms with Crippen LogP contribution in [0.3, 0.4) is 0 Å². The minimum absolute atomic E-state index is 0. The Bertz CT molecular complexity index is 321. The Morgan fingerprint density at radius 3 is 2.00 bits per heavy atom. The molecule has 0 atom stereocenters. The summed E-state index contributed by atoms with van der Waals surface area (Å²) in [6.07, 6.45) is -1.28. The summed E-state index contributed by atoms with van der Waals surface area (Å²) in [5.41, 5.74) is 0. The first-order chi connectivity index (χ1) is 6.79. The van der Waals surface area contributed by atoms with Gasteiger partial charge in [0, 0.05) is 5.75 Å². The average molecular weight is 246 g/mol. The zero-order valence-corrected chi connectivity index (χ0v) is 8.92. The first kappa shape index (κ1) is 13.5. The van der Waals surface area contributed by atoms with Gasteiger partial charge in [0.25, 0.3) is 0 Å². The van der Waals surface area contributed by atoms with Crippen LogP contribution in [0, 0.1) is 0 Å². The van der Waals surface area contributed by atoms with E-state index < -0.39 is 6.16 Å². The smallest absolute Gasteiger partial charge is 0.493 e. The van der Waals surface area contributed by atoms with Crippen molar-refractivity contribution in [3.05, 3.63) is 54.6 Å². The third-order valence-electron chi connectivity index (χ3n) is 1.39. The van der Waals surface area contributed by atoms with E-state index in [-0.39, 0.29) is 17.1 Å². The van der Waals surface area contributed by atoms with Crippen molar-refractivity contribution in [3.63, 3.8) is 0 Å². The van der Waals surface area contributed by atoms with Gasteiger partial charge in [-0.1, -0.05) is 0 Å². The SMILES string of the molecule is O=C(O)O[c-]1cccc1.[Fe+2].c1cc[cH-]c1. The maximum absolute atomic E-state index is 9.84. The van der Waals surface area contributed by atoms with Gasteiger partial charge in [0.2, 0.25) is 0 Å². The summed E-state index contributed by atoms with van der Waals surface area (Å²) in [7, 11) is 0. The van der Waals surface area contributed by atoms with E-state index in [4.69, 9.17) is 5.11 Å². The van der Waals surface area contributed by atoms with Crippen molar-refractivity contribution in [3.8, 4) is 5.75 Å². The number of carbonyl (C=O) groups is 1. The first-order valence-corrected chi connectivity index (χ1v) is 4.08. The fourth-order valence-electron chi connectivity index (χ4n) is 0.846. The van der Waals surface area contributed by atoms with Crippen molar-refractivity contribution >= 4 is 6.16 Å². The molecule has 0 saturated carbocycles. The van der Waals surface area contributed by atoms with Crippen LogP contribution in [0.5, 0.6) is 5.75 Å². The summed E-state index contributed by atoms with van der Waals surface area (Å²) in [6.45, 7) is 0. The van der Waals surface area contributed by atoms with Crippen molar-refractivity contribution < 1.29 is 31.7 Å². The van der Waals surface area contributed by atoms with Gasteiger partial charge in [-0.2, -0.15) is 30.3 Å². The van der Waals surface area contributed by atoms with Crippen molar-refractivity contribution in [2.75, 3.05) is 0 Å². The summed E-state index contributed by atoms with van der Waals surface area (Å²) in [5.74, 6) is 0.363. The normalized spacial score (nSPS) is 8.00. The number of carboxylic acid groups (broad SMARTS) is 1. The van der Waals surface area contributed by atoms with Gasteiger partial charge in [0.05, 0.1) is 0 Å². The van der Waals surface area contributed by atoms with E-state index in [1.807, 2.05) is 30.3 Å². The monoisotopic (exact) mass is 246 g/mol. The molecule has 15 heavy (non-hydrogen) atoms. The molecular formula is C11H10FeO3. The van der Waals surface area contributed by atoms with Gasteiger partial charge in [-0.3, -0.25) is 4.79 Å². The molecule has 0 bridgehead atoms. The molecule has 0 amide bonds. The molecule has 0 heterocycles. The zero-order chi connectivity index (χ0) is 10.2. The molecule has 0 fully saturated rings. The summed E-state index contributed by atoms with van der Waals surface area (Å²) in [6, 6.07) is 16.6. The first-order valence-electron chi connectivity index (χ1n) is 4.08. The van der Waals surface area contributed by atoms with Gasteiger partial charge < -0.3 is 9.84 Å². The number of rotatable bonds is 1. The predicted octanol–water partition coefficient (Wildman–Crippen LogP) is 2.87. The molecule has 3 nitrogen and oxygen atoms in total. The molecule has 0 spiro atoms. The number of hydrogen-bond acceptors (Lipinski definition) is 2. The Morgan fingerprint density at radius 1 is 1.13 bits per heavy atom. The van der Waals surface area contributed by atoms with E-state index in [1.165, 1.54) is 0 Å². The third-order valence-corrected chi connectivity index (χ3v) is 1.39. The topological polar surface area (TPSA) is 46.5 Å². The largest absolute Gasteiger partial charge is 2.00 e. The van der Waals surface area contributed by atoms with Crippen molar-refractivity contribution in [2.24, 2.45) is 0 Å². The molecule has 0 saturated heterocycles. The van der Waals surface area contributed by atoms with E-state index in [9.17, 15) is 4.79 Å². The van der Waals surface area contributed by atoms with Crippen LogP contribution >= 0.6 is 0 Å². The molecule has 2 aromatic carbocycles. The molecule has 0 aliphatic rings. The van der Waals surface area contributed by atoms with Crippen LogP contribution in [0.25, 0.3) is 0 Å². The van der Waals surface area contributed by atoms with Gasteiger partial charge in [0.15, 0.2) is 0 Å². The van der Waals surface area contributed by atoms with Crippen LogP contribution in [-0.4, -0.2) is 11.3 Å². The predicted molar refractivity (Wildman–Crippen MR) is 52.7 cm³/mol. The third kappa shape index (κ3) is 6.55. The second kappa shape index (κ2) is 7.85. The van der Waals surface area contributed by atoms with Crippen LogP contribution in [0.1, 0.15) is 0 Å². The maximum Gasteiger partial charge on any atom is 2.00 e. The fraction of sp³-hybridized carbons (Fsp3) is 0. The molecule has 2 rings (SSSR count). The molecule has 0 unspecified atom stereocenters. The quantitative estimate of drug-likeness (QED) is 0.478. The van der Waals surface area contributed by atoms with Gasteiger partial charge in [0.1, 0.15) is 0 Å². The molecule has 1 N–H and O–H groups in total. The van der Waals surface area contributed by atoms with Gasteiger partial charge in [-0.15, -0.1) is 12.1 Å². The van der Waals surface area contributed by atoms with Crippen molar-refractivity contribution in [2.45, 2.75) is 0 Å². The maximum atomic E-state index is 9.84. The van der Waals surface area contributed by atoms with Crippen LogP contribution in [0.2, 0.25) is 0 Å². The Morgan fingerprint density at radius 2 is 1.67 bits per heavy atom. The van der Waals surface area contributed by atoms with Crippen molar-refractivity contribution in [1.29, 1.82) is 0 Å². The van der Waals surface area contributed by atoms with Crippen molar-refractivity contribution in [1.82, 2.24) is 0 Å². The summed E-state index contributed by atoms with van der Waals surface area (Å²) in [5, 5.41) is 8.06. The molecular weight excluding hydrogens is 236 g/mol. The minimum atomic E-state index is -1.28. The molecule has 80 valence electrons. The molecule has 2 aromatic rings. The van der Waals surface area contributed by atoms with Crippen LogP contribution in [0.4, 0.5) is 4.79 Å². The van der Waals surface area contributed by atoms with E-state index >= 15 is 0 Å². The van der Waals surface area contributed by atoms with Crippen LogP contribution < -0.4 is 4.74 Å². The second-order valence-electron chi connectivity index (χ2n) is 2.45. The second-order valence-corrected chi connectivity index (χ2v) is 2.45. The Balaban J connectivity index is 0.000000280. The van der Waals surface area contributed by atoms with E-state index in [2.05, 4.69) is 4.74 Å². The number of hydrogen-bond donors (Lipinski definition) is 1. The average Bonchev–Trinajstić information content (AvgIpc) is 2.75. The van der Waals surface area contributed by atoms with E-state index in [1.54, 1.807) is 24.3 Å². The standard InChI is InChI=1S/C6H5O3.C5H5.Fe/c7-6(8)9-5-3-1-2-4-5;1-2-4-5-3-1;/h1-4H,(H,7,8);1-5H;/q2*-1;+2. The van der Waals surface area contributed by atoms with Crippen LogP contribution in [0.15, 0.2) is 54.6 Å². The van der Waals surface area contributed by atoms with Gasteiger partial charge in [-0.05, 0) is 0 Å².